The molecule has 70 valence electrons. The van der Waals surface area contributed by atoms with Gasteiger partial charge >= 0.3 is 0 Å². The summed E-state index contributed by atoms with van der Waals surface area (Å²) in [7, 11) is 0. The first kappa shape index (κ1) is 8.51. The maximum atomic E-state index is 4.13. The van der Waals surface area contributed by atoms with Crippen LogP contribution in [0.1, 0.15) is 12.8 Å². The molecule has 1 fully saturated rings. The van der Waals surface area contributed by atoms with Gasteiger partial charge in [0.25, 0.3) is 0 Å². The Balaban J connectivity index is 1.71. The molecule has 0 unspecified atom stereocenters. The highest BCUT2D eigenvalue weighted by Gasteiger charge is 2.19. The Morgan fingerprint density at radius 2 is 2.46 bits per heavy atom. The summed E-state index contributed by atoms with van der Waals surface area (Å²) in [6.07, 6.45) is 6.41. The van der Waals surface area contributed by atoms with Gasteiger partial charge in [-0.15, -0.1) is 0 Å². The number of hydrogen-bond acceptors (Lipinski definition) is 2. The van der Waals surface area contributed by atoms with E-state index in [4.69, 9.17) is 0 Å². The van der Waals surface area contributed by atoms with Gasteiger partial charge in [-0.1, -0.05) is 6.58 Å². The van der Waals surface area contributed by atoms with Crippen LogP contribution in [0.15, 0.2) is 30.6 Å². The van der Waals surface area contributed by atoms with Crippen LogP contribution in [-0.4, -0.2) is 22.4 Å². The number of nitrogens with zero attached hydrogens (tertiary/aromatic N) is 2. The van der Waals surface area contributed by atoms with Crippen molar-refractivity contribution in [1.82, 2.24) is 15.1 Å². The van der Waals surface area contributed by atoms with Crippen molar-refractivity contribution in [1.29, 1.82) is 0 Å². The monoisotopic (exact) mass is 177 g/mol. The second kappa shape index (κ2) is 3.75. The highest BCUT2D eigenvalue weighted by Crippen LogP contribution is 2.18. The average Bonchev–Trinajstić information content (AvgIpc) is 2.82. The van der Waals surface area contributed by atoms with Gasteiger partial charge in [0.2, 0.25) is 0 Å². The Labute approximate surface area is 78.4 Å². The van der Waals surface area contributed by atoms with Gasteiger partial charge in [0.15, 0.2) is 0 Å². The largest absolute Gasteiger partial charge is 0.310 e. The minimum Gasteiger partial charge on any atom is -0.310 e. The maximum absolute atomic E-state index is 4.13. The lowest BCUT2D eigenvalue weighted by Gasteiger charge is -2.06. The second-order valence-corrected chi connectivity index (χ2v) is 3.61. The Morgan fingerprint density at radius 1 is 1.62 bits per heavy atom. The summed E-state index contributed by atoms with van der Waals surface area (Å²) >= 11 is 0. The fourth-order valence-corrected chi connectivity index (χ4v) is 1.26. The van der Waals surface area contributed by atoms with Crippen LogP contribution >= 0.6 is 0 Å². The number of rotatable bonds is 5. The van der Waals surface area contributed by atoms with Crippen LogP contribution in [0.4, 0.5) is 0 Å². The van der Waals surface area contributed by atoms with Gasteiger partial charge in [-0.05, 0) is 24.5 Å². The molecule has 0 aromatic carbocycles. The normalized spacial score (nSPS) is 16.0. The van der Waals surface area contributed by atoms with Crippen molar-refractivity contribution >= 4 is 0 Å². The van der Waals surface area contributed by atoms with Gasteiger partial charge in [-0.2, -0.15) is 5.10 Å². The Kier molecular flexibility index (Phi) is 2.45. The van der Waals surface area contributed by atoms with Gasteiger partial charge in [0.05, 0.1) is 6.54 Å². The Hall–Kier alpha value is -1.09. The molecule has 1 N–H and O–H groups in total. The standard InChI is InChI=1S/C10H15N3/c1-9(7-11-10-3-4-10)8-13-6-2-5-12-13/h2,5-6,10-11H,1,3-4,7-8H2. The van der Waals surface area contributed by atoms with E-state index in [0.717, 1.165) is 19.1 Å². The summed E-state index contributed by atoms with van der Waals surface area (Å²) in [4.78, 5) is 0. The fourth-order valence-electron chi connectivity index (χ4n) is 1.26. The minimum absolute atomic E-state index is 0.759. The van der Waals surface area contributed by atoms with Crippen LogP contribution in [0.2, 0.25) is 0 Å². The highest BCUT2D eigenvalue weighted by atomic mass is 15.3. The molecule has 1 saturated carbocycles. The SMILES string of the molecule is C=C(CNC1CC1)Cn1cccn1. The van der Waals surface area contributed by atoms with Crippen LogP contribution in [-0.2, 0) is 6.54 Å². The van der Waals surface area contributed by atoms with Crippen molar-refractivity contribution in [2.45, 2.75) is 25.4 Å². The van der Waals surface area contributed by atoms with E-state index in [-0.39, 0.29) is 0 Å². The molecule has 1 aliphatic carbocycles. The van der Waals surface area contributed by atoms with E-state index in [2.05, 4.69) is 17.0 Å². The van der Waals surface area contributed by atoms with Crippen molar-refractivity contribution in [3.8, 4) is 0 Å². The summed E-state index contributed by atoms with van der Waals surface area (Å²) < 4.78 is 1.90. The van der Waals surface area contributed by atoms with Crippen molar-refractivity contribution in [2.75, 3.05) is 6.54 Å². The summed E-state index contributed by atoms with van der Waals surface area (Å²) in [5.41, 5.74) is 1.19. The molecule has 0 amide bonds. The molecule has 2 rings (SSSR count). The molecule has 1 aromatic heterocycles. The molecule has 0 radical (unpaired) electrons. The third-order valence-corrected chi connectivity index (χ3v) is 2.16. The first-order valence-corrected chi connectivity index (χ1v) is 4.72. The molecule has 1 aliphatic rings. The van der Waals surface area contributed by atoms with Crippen molar-refractivity contribution in [3.63, 3.8) is 0 Å². The van der Waals surface area contributed by atoms with Crippen molar-refractivity contribution in [2.24, 2.45) is 0 Å². The summed E-state index contributed by atoms with van der Waals surface area (Å²) in [6.45, 7) is 5.75. The number of nitrogens with one attached hydrogen (secondary N) is 1. The molecular formula is C10H15N3. The molecule has 3 heteroatoms. The van der Waals surface area contributed by atoms with Crippen molar-refractivity contribution in [3.05, 3.63) is 30.6 Å². The van der Waals surface area contributed by atoms with Crippen LogP contribution < -0.4 is 5.32 Å². The molecule has 0 atom stereocenters. The molecule has 1 heterocycles. The molecule has 3 nitrogen and oxygen atoms in total. The molecule has 13 heavy (non-hydrogen) atoms. The third kappa shape index (κ3) is 2.70. The van der Waals surface area contributed by atoms with Crippen LogP contribution in [0, 0.1) is 0 Å². The quantitative estimate of drug-likeness (QED) is 0.685. The molecule has 0 spiro atoms. The predicted octanol–water partition coefficient (Wildman–Crippen LogP) is 1.19. The minimum atomic E-state index is 0.759. The van der Waals surface area contributed by atoms with Crippen LogP contribution in [0.5, 0.6) is 0 Å². The Bertz CT molecular complexity index is 272. The third-order valence-electron chi connectivity index (χ3n) is 2.16. The molecule has 0 bridgehead atoms. The lowest BCUT2D eigenvalue weighted by Crippen LogP contribution is -2.20. The second-order valence-electron chi connectivity index (χ2n) is 3.61. The molecule has 0 aliphatic heterocycles. The maximum Gasteiger partial charge on any atom is 0.0628 e. The first-order valence-electron chi connectivity index (χ1n) is 4.72. The van der Waals surface area contributed by atoms with Gasteiger partial charge in [-0.3, -0.25) is 4.68 Å². The van der Waals surface area contributed by atoms with Gasteiger partial charge < -0.3 is 5.32 Å². The van der Waals surface area contributed by atoms with E-state index < -0.39 is 0 Å². The zero-order valence-electron chi connectivity index (χ0n) is 7.74. The number of hydrogen-bond donors (Lipinski definition) is 1. The lowest BCUT2D eigenvalue weighted by atomic mass is 10.3. The number of aromatic nitrogens is 2. The zero-order chi connectivity index (χ0) is 9.10. The van der Waals surface area contributed by atoms with Gasteiger partial charge in [0, 0.05) is 25.0 Å². The molecular weight excluding hydrogens is 162 g/mol. The summed E-state index contributed by atoms with van der Waals surface area (Å²) in [6, 6.07) is 2.69. The fraction of sp³-hybridized carbons (Fsp3) is 0.500. The predicted molar refractivity (Wildman–Crippen MR) is 52.4 cm³/mol. The average molecular weight is 177 g/mol. The zero-order valence-corrected chi connectivity index (χ0v) is 7.74. The topological polar surface area (TPSA) is 29.9 Å². The van der Waals surface area contributed by atoms with E-state index in [1.54, 1.807) is 6.20 Å². The molecule has 1 aromatic rings. The van der Waals surface area contributed by atoms with E-state index in [1.807, 2.05) is 16.9 Å². The lowest BCUT2D eigenvalue weighted by molar-refractivity contribution is 0.635. The van der Waals surface area contributed by atoms with Crippen molar-refractivity contribution < 1.29 is 0 Å². The van der Waals surface area contributed by atoms with Gasteiger partial charge in [0.1, 0.15) is 0 Å². The highest BCUT2D eigenvalue weighted by molar-refractivity contribution is 4.99. The smallest absolute Gasteiger partial charge is 0.0628 e. The summed E-state index contributed by atoms with van der Waals surface area (Å²) in [5, 5.41) is 7.56. The van der Waals surface area contributed by atoms with Crippen LogP contribution in [0.3, 0.4) is 0 Å². The van der Waals surface area contributed by atoms with E-state index in [9.17, 15) is 0 Å². The summed E-state index contributed by atoms with van der Waals surface area (Å²) in [5.74, 6) is 0. The first-order chi connectivity index (χ1) is 6.34. The van der Waals surface area contributed by atoms with E-state index in [0.29, 0.717) is 0 Å². The van der Waals surface area contributed by atoms with E-state index >= 15 is 0 Å². The van der Waals surface area contributed by atoms with Crippen LogP contribution in [0.25, 0.3) is 0 Å². The molecule has 0 saturated heterocycles. The van der Waals surface area contributed by atoms with E-state index in [1.165, 1.54) is 18.4 Å². The Morgan fingerprint density at radius 3 is 3.08 bits per heavy atom. The van der Waals surface area contributed by atoms with Gasteiger partial charge in [-0.25, -0.2) is 0 Å².